The lowest BCUT2D eigenvalue weighted by Gasteiger charge is -2.16. The van der Waals surface area contributed by atoms with E-state index in [1.165, 1.54) is 0 Å². The third kappa shape index (κ3) is 3.87. The smallest absolute Gasteiger partial charge is 0.251 e. The van der Waals surface area contributed by atoms with Crippen molar-refractivity contribution in [1.29, 1.82) is 0 Å². The van der Waals surface area contributed by atoms with Crippen molar-refractivity contribution in [3.8, 4) is 0 Å². The molecular weight excluding hydrogens is 334 g/mol. The van der Waals surface area contributed by atoms with Gasteiger partial charge in [-0.1, -0.05) is 46.3 Å². The van der Waals surface area contributed by atoms with Gasteiger partial charge in [-0.05, 0) is 36.1 Å². The zero-order valence-electron chi connectivity index (χ0n) is 11.2. The standard InChI is InChI=1S/C16H16BrNOS/c1-20-14-9-7-13(8-10-14)16(19)18-15(11-17)12-5-3-2-4-6-12/h2-10,15H,11H2,1H3,(H,18,19). The first-order valence-electron chi connectivity index (χ1n) is 6.30. The fourth-order valence-electron chi connectivity index (χ4n) is 1.88. The Morgan fingerprint density at radius 2 is 1.80 bits per heavy atom. The zero-order chi connectivity index (χ0) is 14.4. The number of rotatable bonds is 5. The average Bonchev–Trinajstić information content (AvgIpc) is 2.53. The Labute approximate surface area is 132 Å². The Balaban J connectivity index is 2.09. The third-order valence-corrected chi connectivity index (χ3v) is 4.40. The Morgan fingerprint density at radius 1 is 1.15 bits per heavy atom. The van der Waals surface area contributed by atoms with Crippen LogP contribution >= 0.6 is 27.7 Å². The third-order valence-electron chi connectivity index (χ3n) is 3.01. The number of amides is 1. The summed E-state index contributed by atoms with van der Waals surface area (Å²) in [5, 5.41) is 3.73. The number of benzene rings is 2. The van der Waals surface area contributed by atoms with Crippen LogP contribution in [0.4, 0.5) is 0 Å². The summed E-state index contributed by atoms with van der Waals surface area (Å²) in [6.45, 7) is 0. The van der Waals surface area contributed by atoms with Gasteiger partial charge in [-0.3, -0.25) is 4.79 Å². The molecule has 0 aliphatic carbocycles. The lowest BCUT2D eigenvalue weighted by molar-refractivity contribution is 0.0940. The van der Waals surface area contributed by atoms with Gasteiger partial charge in [-0.15, -0.1) is 11.8 Å². The van der Waals surface area contributed by atoms with Crippen LogP contribution in [0.5, 0.6) is 0 Å². The Kier molecular flexibility index (Phi) is 5.68. The van der Waals surface area contributed by atoms with Crippen molar-refractivity contribution in [2.75, 3.05) is 11.6 Å². The van der Waals surface area contributed by atoms with Gasteiger partial charge in [-0.25, -0.2) is 0 Å². The number of alkyl halides is 1. The summed E-state index contributed by atoms with van der Waals surface area (Å²) in [6.07, 6.45) is 2.02. The molecule has 0 aromatic heterocycles. The van der Waals surface area contributed by atoms with Gasteiger partial charge in [-0.2, -0.15) is 0 Å². The van der Waals surface area contributed by atoms with Gasteiger partial charge in [0.25, 0.3) is 5.91 Å². The first kappa shape index (κ1) is 15.1. The maximum atomic E-state index is 12.2. The van der Waals surface area contributed by atoms with Crippen LogP contribution in [0.2, 0.25) is 0 Å². The molecule has 1 atom stereocenters. The van der Waals surface area contributed by atoms with Gasteiger partial charge >= 0.3 is 0 Å². The summed E-state index contributed by atoms with van der Waals surface area (Å²) >= 11 is 5.12. The SMILES string of the molecule is CSc1ccc(C(=O)NC(CBr)c2ccccc2)cc1. The zero-order valence-corrected chi connectivity index (χ0v) is 13.6. The van der Waals surface area contributed by atoms with E-state index in [9.17, 15) is 4.79 Å². The first-order valence-corrected chi connectivity index (χ1v) is 8.65. The molecule has 2 rings (SSSR count). The fourth-order valence-corrected chi connectivity index (χ4v) is 2.82. The summed E-state index contributed by atoms with van der Waals surface area (Å²) in [5.74, 6) is -0.0500. The van der Waals surface area contributed by atoms with E-state index < -0.39 is 0 Å². The first-order chi connectivity index (χ1) is 9.74. The Bertz CT molecular complexity index is 556. The highest BCUT2D eigenvalue weighted by molar-refractivity contribution is 9.09. The maximum absolute atomic E-state index is 12.2. The minimum atomic E-state index is -0.0500. The molecule has 0 spiro atoms. The lowest BCUT2D eigenvalue weighted by atomic mass is 10.1. The minimum absolute atomic E-state index is 0.0241. The molecule has 0 fully saturated rings. The molecule has 0 saturated carbocycles. The highest BCUT2D eigenvalue weighted by Crippen LogP contribution is 2.18. The van der Waals surface area contributed by atoms with Gasteiger partial charge < -0.3 is 5.32 Å². The van der Waals surface area contributed by atoms with Gasteiger partial charge in [0.1, 0.15) is 0 Å². The van der Waals surface area contributed by atoms with Gasteiger partial charge in [0.15, 0.2) is 0 Å². The van der Waals surface area contributed by atoms with Crippen molar-refractivity contribution in [3.05, 3.63) is 65.7 Å². The molecule has 1 unspecified atom stereocenters. The maximum Gasteiger partial charge on any atom is 0.251 e. The van der Waals surface area contributed by atoms with E-state index >= 15 is 0 Å². The molecule has 0 heterocycles. The van der Waals surface area contributed by atoms with Crippen LogP contribution in [0, 0.1) is 0 Å². The number of hydrogen-bond donors (Lipinski definition) is 1. The second kappa shape index (κ2) is 7.50. The molecule has 1 amide bonds. The van der Waals surface area contributed by atoms with E-state index in [2.05, 4.69) is 21.2 Å². The molecule has 2 aromatic carbocycles. The molecule has 2 aromatic rings. The van der Waals surface area contributed by atoms with E-state index in [-0.39, 0.29) is 11.9 Å². The van der Waals surface area contributed by atoms with Crippen LogP contribution in [0.3, 0.4) is 0 Å². The van der Waals surface area contributed by atoms with E-state index in [1.54, 1.807) is 11.8 Å². The number of hydrogen-bond acceptors (Lipinski definition) is 2. The number of halogens is 1. The second-order valence-corrected chi connectivity index (χ2v) is 5.85. The molecule has 0 bridgehead atoms. The molecule has 0 aliphatic heterocycles. The summed E-state index contributed by atoms with van der Waals surface area (Å²) in [5.41, 5.74) is 1.78. The molecule has 20 heavy (non-hydrogen) atoms. The van der Waals surface area contributed by atoms with Crippen LogP contribution in [0.25, 0.3) is 0 Å². The van der Waals surface area contributed by atoms with E-state index in [0.29, 0.717) is 10.9 Å². The molecule has 104 valence electrons. The quantitative estimate of drug-likeness (QED) is 0.644. The number of thioether (sulfide) groups is 1. The van der Waals surface area contributed by atoms with Crippen molar-refractivity contribution < 1.29 is 4.79 Å². The molecule has 0 aliphatic rings. The number of carbonyl (C=O) groups excluding carboxylic acids is 1. The average molecular weight is 350 g/mol. The van der Waals surface area contributed by atoms with Gasteiger partial charge in [0.05, 0.1) is 6.04 Å². The minimum Gasteiger partial charge on any atom is -0.344 e. The number of nitrogens with one attached hydrogen (secondary N) is 1. The van der Waals surface area contributed by atoms with Crippen LogP contribution < -0.4 is 5.32 Å². The van der Waals surface area contributed by atoms with Crippen LogP contribution in [-0.4, -0.2) is 17.5 Å². The molecule has 2 nitrogen and oxygen atoms in total. The molecule has 1 N–H and O–H groups in total. The molecule has 0 radical (unpaired) electrons. The monoisotopic (exact) mass is 349 g/mol. The van der Waals surface area contributed by atoms with E-state index in [0.717, 1.165) is 10.5 Å². The van der Waals surface area contributed by atoms with Gasteiger partial charge in [0.2, 0.25) is 0 Å². The van der Waals surface area contributed by atoms with Crippen molar-refractivity contribution in [2.45, 2.75) is 10.9 Å². The van der Waals surface area contributed by atoms with Crippen LogP contribution in [-0.2, 0) is 0 Å². The Hall–Kier alpha value is -1.26. The Morgan fingerprint density at radius 3 is 2.35 bits per heavy atom. The van der Waals surface area contributed by atoms with Crippen LogP contribution in [0.15, 0.2) is 59.5 Å². The summed E-state index contributed by atoms with van der Waals surface area (Å²) in [4.78, 5) is 13.4. The molecule has 4 heteroatoms. The summed E-state index contributed by atoms with van der Waals surface area (Å²) < 4.78 is 0. The number of carbonyl (C=O) groups is 1. The van der Waals surface area contributed by atoms with Crippen molar-refractivity contribution in [2.24, 2.45) is 0 Å². The highest BCUT2D eigenvalue weighted by Gasteiger charge is 2.14. The van der Waals surface area contributed by atoms with Crippen molar-refractivity contribution in [3.63, 3.8) is 0 Å². The normalized spacial score (nSPS) is 11.9. The van der Waals surface area contributed by atoms with Gasteiger partial charge in [0, 0.05) is 15.8 Å². The predicted molar refractivity (Wildman–Crippen MR) is 88.7 cm³/mol. The van der Waals surface area contributed by atoms with Crippen molar-refractivity contribution >= 4 is 33.6 Å². The van der Waals surface area contributed by atoms with Crippen LogP contribution in [0.1, 0.15) is 22.0 Å². The second-order valence-electron chi connectivity index (χ2n) is 4.32. The molecular formula is C16H16BrNOS. The molecule has 0 saturated heterocycles. The van der Waals surface area contributed by atoms with Crippen molar-refractivity contribution in [1.82, 2.24) is 5.32 Å². The predicted octanol–water partition coefficient (Wildman–Crippen LogP) is 4.27. The topological polar surface area (TPSA) is 29.1 Å². The summed E-state index contributed by atoms with van der Waals surface area (Å²) in [7, 11) is 0. The highest BCUT2D eigenvalue weighted by atomic mass is 79.9. The van der Waals surface area contributed by atoms with E-state index in [1.807, 2.05) is 60.9 Å². The summed E-state index contributed by atoms with van der Waals surface area (Å²) in [6, 6.07) is 17.6. The van der Waals surface area contributed by atoms with E-state index in [4.69, 9.17) is 0 Å². The fraction of sp³-hybridized carbons (Fsp3) is 0.188. The lowest BCUT2D eigenvalue weighted by Crippen LogP contribution is -2.29. The largest absolute Gasteiger partial charge is 0.344 e.